The van der Waals surface area contributed by atoms with Gasteiger partial charge < -0.3 is 9.88 Å². The fraction of sp³-hybridized carbons (Fsp3) is 0.250. The third-order valence-electron chi connectivity index (χ3n) is 4.90. The summed E-state index contributed by atoms with van der Waals surface area (Å²) in [5.41, 5.74) is 10.1. The number of aromatic nitrogens is 1. The highest BCUT2D eigenvalue weighted by molar-refractivity contribution is 7.80. The number of hydrogen-bond acceptors (Lipinski definition) is 2. The van der Waals surface area contributed by atoms with Crippen molar-refractivity contribution in [2.75, 3.05) is 5.32 Å². The molecule has 2 N–H and O–H groups in total. The lowest BCUT2D eigenvalue weighted by atomic mass is 10.0. The third kappa shape index (κ3) is 5.55. The number of aryl methyl sites for hydroxylation is 3. The number of anilines is 1. The van der Waals surface area contributed by atoms with Crippen molar-refractivity contribution in [3.8, 4) is 0 Å². The smallest absolute Gasteiger partial charge is 0.191 e. The number of benzene rings is 2. The maximum absolute atomic E-state index is 5.46. The molecule has 3 aromatic rings. The van der Waals surface area contributed by atoms with Gasteiger partial charge in [0.15, 0.2) is 5.11 Å². The lowest BCUT2D eigenvalue weighted by molar-refractivity contribution is 0.798. The van der Waals surface area contributed by atoms with E-state index in [0.29, 0.717) is 5.11 Å². The number of para-hydroxylation sites is 1. The zero-order valence-electron chi connectivity index (χ0n) is 17.3. The maximum atomic E-state index is 5.46. The second-order valence-corrected chi connectivity index (χ2v) is 7.44. The van der Waals surface area contributed by atoms with E-state index < -0.39 is 0 Å². The van der Waals surface area contributed by atoms with Gasteiger partial charge in [-0.3, -0.25) is 5.43 Å². The molecule has 3 rings (SSSR count). The van der Waals surface area contributed by atoms with Crippen LogP contribution in [0.5, 0.6) is 0 Å². The highest BCUT2D eigenvalue weighted by Crippen LogP contribution is 2.22. The zero-order chi connectivity index (χ0) is 20.6. The van der Waals surface area contributed by atoms with Gasteiger partial charge in [0.25, 0.3) is 0 Å². The summed E-state index contributed by atoms with van der Waals surface area (Å²) in [5.74, 6) is 0. The van der Waals surface area contributed by atoms with Gasteiger partial charge in [-0.15, -0.1) is 0 Å². The molecule has 150 valence electrons. The first-order valence-corrected chi connectivity index (χ1v) is 10.4. The number of nitrogens with zero attached hydrogens (tertiary/aromatic N) is 2. The van der Waals surface area contributed by atoms with Gasteiger partial charge in [-0.25, -0.2) is 0 Å². The molecule has 0 radical (unpaired) electrons. The first-order valence-electron chi connectivity index (χ1n) is 10.0. The largest absolute Gasteiger partial charge is 0.342 e. The van der Waals surface area contributed by atoms with E-state index in [1.807, 2.05) is 12.1 Å². The molecular weight excluding hydrogens is 376 g/mol. The monoisotopic (exact) mass is 404 g/mol. The van der Waals surface area contributed by atoms with Gasteiger partial charge in [-0.1, -0.05) is 61.9 Å². The van der Waals surface area contributed by atoms with Gasteiger partial charge in [-0.05, 0) is 60.8 Å². The van der Waals surface area contributed by atoms with Gasteiger partial charge >= 0.3 is 0 Å². The summed E-state index contributed by atoms with van der Waals surface area (Å²) in [6.45, 7) is 7.22. The first kappa shape index (κ1) is 20.8. The number of rotatable bonds is 7. The van der Waals surface area contributed by atoms with Crippen LogP contribution in [0.3, 0.4) is 0 Å². The highest BCUT2D eigenvalue weighted by Gasteiger charge is 2.07. The van der Waals surface area contributed by atoms with Crippen LogP contribution in [0.2, 0.25) is 0 Å². The quantitative estimate of drug-likeness (QED) is 0.319. The SMILES string of the molecule is CCc1cccc(CC)c1NC(=S)N/N=C/c1cccn1Cc1cccc(C)c1. The lowest BCUT2D eigenvalue weighted by Gasteiger charge is -2.15. The van der Waals surface area contributed by atoms with Crippen LogP contribution in [0.1, 0.15) is 41.8 Å². The molecule has 4 nitrogen and oxygen atoms in total. The third-order valence-corrected chi connectivity index (χ3v) is 5.09. The van der Waals surface area contributed by atoms with Crippen LogP contribution in [-0.2, 0) is 19.4 Å². The molecule has 0 aliphatic rings. The van der Waals surface area contributed by atoms with E-state index in [1.165, 1.54) is 22.3 Å². The summed E-state index contributed by atoms with van der Waals surface area (Å²) in [7, 11) is 0. The van der Waals surface area contributed by atoms with Crippen molar-refractivity contribution in [3.05, 3.63) is 88.7 Å². The van der Waals surface area contributed by atoms with Crippen molar-refractivity contribution < 1.29 is 0 Å². The predicted molar refractivity (Wildman–Crippen MR) is 127 cm³/mol. The zero-order valence-corrected chi connectivity index (χ0v) is 18.1. The fourth-order valence-electron chi connectivity index (χ4n) is 3.40. The molecule has 0 spiro atoms. The molecule has 0 saturated carbocycles. The van der Waals surface area contributed by atoms with Crippen LogP contribution in [0.15, 0.2) is 65.9 Å². The summed E-state index contributed by atoms with van der Waals surface area (Å²) in [6.07, 6.45) is 5.77. The molecule has 0 atom stereocenters. The van der Waals surface area contributed by atoms with Gasteiger partial charge in [0.1, 0.15) is 0 Å². The molecule has 29 heavy (non-hydrogen) atoms. The van der Waals surface area contributed by atoms with E-state index in [-0.39, 0.29) is 0 Å². The predicted octanol–water partition coefficient (Wildman–Crippen LogP) is 5.29. The van der Waals surface area contributed by atoms with E-state index in [0.717, 1.165) is 30.8 Å². The van der Waals surface area contributed by atoms with E-state index in [9.17, 15) is 0 Å². The topological polar surface area (TPSA) is 41.4 Å². The summed E-state index contributed by atoms with van der Waals surface area (Å²) in [5, 5.41) is 8.16. The lowest BCUT2D eigenvalue weighted by Crippen LogP contribution is -2.25. The molecule has 0 amide bonds. The van der Waals surface area contributed by atoms with E-state index in [1.54, 1.807) is 6.21 Å². The molecule has 1 heterocycles. The molecule has 0 fully saturated rings. The number of hydrogen-bond donors (Lipinski definition) is 2. The number of hydrazone groups is 1. The molecule has 0 aliphatic heterocycles. The summed E-state index contributed by atoms with van der Waals surface area (Å²) >= 11 is 5.46. The molecule has 0 unspecified atom stereocenters. The second-order valence-electron chi connectivity index (χ2n) is 7.03. The van der Waals surface area contributed by atoms with Crippen molar-refractivity contribution >= 4 is 29.2 Å². The molecule has 2 aromatic carbocycles. The van der Waals surface area contributed by atoms with Crippen LogP contribution in [0, 0.1) is 6.92 Å². The van der Waals surface area contributed by atoms with E-state index >= 15 is 0 Å². The summed E-state index contributed by atoms with van der Waals surface area (Å²) in [4.78, 5) is 0. The van der Waals surface area contributed by atoms with Crippen LogP contribution in [-0.4, -0.2) is 15.9 Å². The average molecular weight is 405 g/mol. The van der Waals surface area contributed by atoms with Crippen molar-refractivity contribution in [2.24, 2.45) is 5.10 Å². The molecular formula is C24H28N4S. The Labute approximate surface area is 178 Å². The standard InChI is InChI=1S/C24H28N4S/c1-4-20-11-7-12-21(5-2)23(20)26-24(29)27-25-16-22-13-8-14-28(22)17-19-10-6-9-18(3)15-19/h6-16H,4-5,17H2,1-3H3,(H2,26,27,29)/b25-16+. The van der Waals surface area contributed by atoms with E-state index in [4.69, 9.17) is 12.2 Å². The normalized spacial score (nSPS) is 11.0. The van der Waals surface area contributed by atoms with E-state index in [2.05, 4.69) is 89.8 Å². The van der Waals surface area contributed by atoms with Crippen LogP contribution >= 0.6 is 12.2 Å². The Kier molecular flexibility index (Phi) is 7.19. The molecule has 0 aliphatic carbocycles. The van der Waals surface area contributed by atoms with Gasteiger partial charge in [0.05, 0.1) is 11.9 Å². The van der Waals surface area contributed by atoms with Crippen molar-refractivity contribution in [3.63, 3.8) is 0 Å². The Hall–Kier alpha value is -2.92. The Morgan fingerprint density at radius 1 is 1.03 bits per heavy atom. The fourth-order valence-corrected chi connectivity index (χ4v) is 3.55. The van der Waals surface area contributed by atoms with Gasteiger partial charge in [0, 0.05) is 18.4 Å². The number of thiocarbonyl (C=S) groups is 1. The first-order chi connectivity index (χ1) is 14.1. The molecule has 1 aromatic heterocycles. The average Bonchev–Trinajstić information content (AvgIpc) is 3.15. The van der Waals surface area contributed by atoms with Gasteiger partial charge in [0.2, 0.25) is 0 Å². The van der Waals surface area contributed by atoms with Crippen LogP contribution < -0.4 is 10.7 Å². The Morgan fingerprint density at radius 3 is 2.45 bits per heavy atom. The Morgan fingerprint density at radius 2 is 1.76 bits per heavy atom. The molecule has 0 saturated heterocycles. The van der Waals surface area contributed by atoms with Gasteiger partial charge in [-0.2, -0.15) is 5.10 Å². The summed E-state index contributed by atoms with van der Waals surface area (Å²) < 4.78 is 2.16. The van der Waals surface area contributed by atoms with Crippen molar-refractivity contribution in [2.45, 2.75) is 40.2 Å². The minimum atomic E-state index is 0.494. The Balaban J connectivity index is 1.64. The van der Waals surface area contributed by atoms with Crippen molar-refractivity contribution in [1.82, 2.24) is 9.99 Å². The highest BCUT2D eigenvalue weighted by atomic mass is 32.1. The number of nitrogens with one attached hydrogen (secondary N) is 2. The van der Waals surface area contributed by atoms with Crippen LogP contribution in [0.4, 0.5) is 5.69 Å². The molecule has 5 heteroatoms. The molecule has 0 bridgehead atoms. The Bertz CT molecular complexity index is 981. The van der Waals surface area contributed by atoms with Crippen molar-refractivity contribution in [1.29, 1.82) is 0 Å². The minimum absolute atomic E-state index is 0.494. The minimum Gasteiger partial charge on any atom is -0.342 e. The van der Waals surface area contributed by atoms with Crippen LogP contribution in [0.25, 0.3) is 0 Å². The summed E-state index contributed by atoms with van der Waals surface area (Å²) in [6, 6.07) is 19.0. The second kappa shape index (κ2) is 10.0. The maximum Gasteiger partial charge on any atom is 0.191 e.